The van der Waals surface area contributed by atoms with Gasteiger partial charge in [-0.25, -0.2) is 4.98 Å². The summed E-state index contributed by atoms with van der Waals surface area (Å²) >= 11 is 1.84. The lowest BCUT2D eigenvalue weighted by atomic mass is 10.0. The lowest BCUT2D eigenvalue weighted by molar-refractivity contribution is 0.621. The van der Waals surface area contributed by atoms with E-state index in [1.54, 1.807) is 0 Å². The first-order valence-corrected chi connectivity index (χ1v) is 18.8. The summed E-state index contributed by atoms with van der Waals surface area (Å²) in [6, 6.07) is 63.9. The molecule has 0 unspecified atom stereocenters. The second-order valence-corrected chi connectivity index (χ2v) is 14.6. The Morgan fingerprint density at radius 1 is 0.426 bits per heavy atom. The fraction of sp³-hybridized carbons (Fsp3) is 0. The molecule has 0 spiro atoms. The molecule has 0 radical (unpaired) electrons. The number of furan rings is 1. The highest BCUT2D eigenvalue weighted by Gasteiger charge is 2.20. The van der Waals surface area contributed by atoms with Gasteiger partial charge in [-0.1, -0.05) is 109 Å². The molecule has 3 aromatic heterocycles. The SMILES string of the molecule is c1ccc(-c2ccc(N(c3ccc(-c4cccc5nc(-c6cccc7oc8ccccc8c67)oc45)cc3)c3ccc4sc5ccccc5c4c3)cc2)cc1. The lowest BCUT2D eigenvalue weighted by Crippen LogP contribution is -2.09. The van der Waals surface area contributed by atoms with Gasteiger partial charge in [-0.3, -0.25) is 0 Å². The van der Waals surface area contributed by atoms with E-state index in [-0.39, 0.29) is 0 Å². The van der Waals surface area contributed by atoms with Crippen molar-refractivity contribution in [2.45, 2.75) is 0 Å². The number of benzene rings is 8. The van der Waals surface area contributed by atoms with E-state index in [0.29, 0.717) is 5.89 Å². The van der Waals surface area contributed by atoms with Crippen molar-refractivity contribution in [3.05, 3.63) is 182 Å². The molecular weight excluding hydrogens is 681 g/mol. The molecule has 254 valence electrons. The number of fused-ring (bicyclic) bond motifs is 7. The van der Waals surface area contributed by atoms with Gasteiger partial charge in [0, 0.05) is 59.1 Å². The summed E-state index contributed by atoms with van der Waals surface area (Å²) in [5.41, 5.74) is 11.8. The van der Waals surface area contributed by atoms with Crippen molar-refractivity contribution < 1.29 is 8.83 Å². The van der Waals surface area contributed by atoms with Crippen molar-refractivity contribution in [3.63, 3.8) is 0 Å². The molecule has 0 bridgehead atoms. The second-order valence-electron chi connectivity index (χ2n) is 13.5. The van der Waals surface area contributed by atoms with Crippen molar-refractivity contribution in [1.82, 2.24) is 4.98 Å². The van der Waals surface area contributed by atoms with Crippen LogP contribution in [0.1, 0.15) is 0 Å². The van der Waals surface area contributed by atoms with E-state index in [1.165, 1.54) is 31.3 Å². The largest absolute Gasteiger partial charge is 0.456 e. The molecule has 0 amide bonds. The molecule has 11 aromatic rings. The Kier molecular flexibility index (Phi) is 7.00. The maximum absolute atomic E-state index is 6.64. The molecule has 3 heterocycles. The summed E-state index contributed by atoms with van der Waals surface area (Å²) in [4.78, 5) is 7.33. The fourth-order valence-corrected chi connectivity index (χ4v) is 8.85. The van der Waals surface area contributed by atoms with Crippen molar-refractivity contribution in [3.8, 4) is 33.7 Å². The summed E-state index contributed by atoms with van der Waals surface area (Å²) < 4.78 is 15.4. The number of oxazole rings is 1. The number of rotatable bonds is 6. The fourth-order valence-electron chi connectivity index (χ4n) is 7.77. The van der Waals surface area contributed by atoms with E-state index in [4.69, 9.17) is 13.8 Å². The van der Waals surface area contributed by atoms with Crippen molar-refractivity contribution in [2.75, 3.05) is 4.90 Å². The molecule has 0 saturated carbocycles. The van der Waals surface area contributed by atoms with Crippen LogP contribution < -0.4 is 4.90 Å². The van der Waals surface area contributed by atoms with Crippen molar-refractivity contribution in [2.24, 2.45) is 0 Å². The molecule has 0 aliphatic carbocycles. The number of anilines is 3. The molecule has 11 rings (SSSR count). The quantitative estimate of drug-likeness (QED) is 0.172. The van der Waals surface area contributed by atoms with Crippen molar-refractivity contribution >= 4 is 81.6 Å². The first-order valence-electron chi connectivity index (χ1n) is 18.0. The maximum atomic E-state index is 6.64. The van der Waals surface area contributed by atoms with E-state index in [0.717, 1.165) is 66.8 Å². The number of hydrogen-bond acceptors (Lipinski definition) is 5. The molecule has 0 saturated heterocycles. The molecule has 0 fully saturated rings. The zero-order valence-corrected chi connectivity index (χ0v) is 29.8. The first-order chi connectivity index (χ1) is 26.7. The minimum atomic E-state index is 0.577. The average molecular weight is 711 g/mol. The van der Waals surface area contributed by atoms with Gasteiger partial charge in [0.05, 0.1) is 0 Å². The Hall–Kier alpha value is -6.95. The number of hydrogen-bond donors (Lipinski definition) is 0. The molecule has 0 N–H and O–H groups in total. The Labute approximate surface area is 314 Å². The molecular formula is C49H30N2O2S. The zero-order valence-electron chi connectivity index (χ0n) is 28.9. The van der Waals surface area contributed by atoms with Crippen LogP contribution in [0.15, 0.2) is 191 Å². The normalized spacial score (nSPS) is 11.7. The monoisotopic (exact) mass is 710 g/mol. The highest BCUT2D eigenvalue weighted by atomic mass is 32.1. The molecule has 0 aliphatic rings. The minimum absolute atomic E-state index is 0.577. The second kappa shape index (κ2) is 12.3. The van der Waals surface area contributed by atoms with Crippen LogP contribution in [0.3, 0.4) is 0 Å². The molecule has 8 aromatic carbocycles. The van der Waals surface area contributed by atoms with Crippen LogP contribution in [-0.2, 0) is 0 Å². The summed E-state index contributed by atoms with van der Waals surface area (Å²) in [7, 11) is 0. The van der Waals surface area contributed by atoms with Gasteiger partial charge in [-0.05, 0) is 89.5 Å². The maximum Gasteiger partial charge on any atom is 0.228 e. The van der Waals surface area contributed by atoms with E-state index in [1.807, 2.05) is 53.8 Å². The van der Waals surface area contributed by atoms with Crippen LogP contribution in [0.5, 0.6) is 0 Å². The van der Waals surface area contributed by atoms with Gasteiger partial charge in [0.2, 0.25) is 5.89 Å². The summed E-state index contributed by atoms with van der Waals surface area (Å²) in [5, 5.41) is 4.61. The van der Waals surface area contributed by atoms with E-state index < -0.39 is 0 Å². The predicted octanol–water partition coefficient (Wildman–Crippen LogP) is 14.6. The molecule has 5 heteroatoms. The predicted molar refractivity (Wildman–Crippen MR) is 225 cm³/mol. The van der Waals surface area contributed by atoms with Gasteiger partial charge < -0.3 is 13.7 Å². The van der Waals surface area contributed by atoms with Crippen LogP contribution in [0, 0.1) is 0 Å². The number of aromatic nitrogens is 1. The highest BCUT2D eigenvalue weighted by molar-refractivity contribution is 7.25. The van der Waals surface area contributed by atoms with E-state index >= 15 is 0 Å². The lowest BCUT2D eigenvalue weighted by Gasteiger charge is -2.26. The highest BCUT2D eigenvalue weighted by Crippen LogP contribution is 2.43. The molecule has 0 atom stereocenters. The van der Waals surface area contributed by atoms with Crippen LogP contribution in [0.2, 0.25) is 0 Å². The van der Waals surface area contributed by atoms with Gasteiger partial charge in [-0.2, -0.15) is 0 Å². The first kappa shape index (κ1) is 30.7. The van der Waals surface area contributed by atoms with Crippen LogP contribution >= 0.6 is 11.3 Å². The van der Waals surface area contributed by atoms with Crippen LogP contribution in [-0.4, -0.2) is 4.98 Å². The molecule has 54 heavy (non-hydrogen) atoms. The van der Waals surface area contributed by atoms with Crippen molar-refractivity contribution in [1.29, 1.82) is 0 Å². The van der Waals surface area contributed by atoms with Gasteiger partial charge >= 0.3 is 0 Å². The van der Waals surface area contributed by atoms with E-state index in [9.17, 15) is 0 Å². The van der Waals surface area contributed by atoms with E-state index in [2.05, 4.69) is 144 Å². The Bertz CT molecular complexity index is 3160. The van der Waals surface area contributed by atoms with Gasteiger partial charge in [0.1, 0.15) is 16.7 Å². The van der Waals surface area contributed by atoms with Gasteiger partial charge in [0.25, 0.3) is 0 Å². The summed E-state index contributed by atoms with van der Waals surface area (Å²) in [6.07, 6.45) is 0. The number of thiophene rings is 1. The number of para-hydroxylation sites is 2. The average Bonchev–Trinajstić information content (AvgIpc) is 3.95. The van der Waals surface area contributed by atoms with Crippen LogP contribution in [0.4, 0.5) is 17.1 Å². The van der Waals surface area contributed by atoms with Crippen LogP contribution in [0.25, 0.3) is 86.9 Å². The number of nitrogens with zero attached hydrogens (tertiary/aromatic N) is 2. The van der Waals surface area contributed by atoms with Gasteiger partial charge in [-0.15, -0.1) is 11.3 Å². The zero-order chi connectivity index (χ0) is 35.6. The minimum Gasteiger partial charge on any atom is -0.456 e. The Morgan fingerprint density at radius 2 is 1.06 bits per heavy atom. The Balaban J connectivity index is 1.01. The molecule has 0 aliphatic heterocycles. The van der Waals surface area contributed by atoms with Gasteiger partial charge in [0.15, 0.2) is 5.58 Å². The standard InChI is InChI=1S/C49H30N2O2S/c1-2-10-31(11-3-1)32-20-24-34(25-21-32)51(36-28-29-46-41(30-36)38-12-5-7-19-45(38)54-46)35-26-22-33(23-27-35)37-14-8-16-42-48(37)53-49(50-42)40-15-9-18-44-47(40)39-13-4-6-17-43(39)52-44/h1-30H. The summed E-state index contributed by atoms with van der Waals surface area (Å²) in [6.45, 7) is 0. The smallest absolute Gasteiger partial charge is 0.228 e. The molecule has 4 nitrogen and oxygen atoms in total. The summed E-state index contributed by atoms with van der Waals surface area (Å²) in [5.74, 6) is 0.577. The third kappa shape index (κ3) is 5.01. The third-order valence-corrected chi connectivity index (χ3v) is 11.5. The Morgan fingerprint density at radius 3 is 1.89 bits per heavy atom. The topological polar surface area (TPSA) is 42.4 Å². The third-order valence-electron chi connectivity index (χ3n) is 10.3.